The number of para-hydroxylation sites is 4. The normalized spacial score (nSPS) is 12.8. The number of hydrogen-bond acceptors (Lipinski definition) is 1. The molecule has 0 radical (unpaired) electrons. The van der Waals surface area contributed by atoms with Gasteiger partial charge in [-0.1, -0.05) is 127 Å². The van der Waals surface area contributed by atoms with Crippen LogP contribution in [0, 0.1) is 0 Å². The Hall–Kier alpha value is -7.82. The lowest BCUT2D eigenvalue weighted by Gasteiger charge is -2.15. The van der Waals surface area contributed by atoms with E-state index >= 15 is 0 Å². The quantitative estimate of drug-likeness (QED) is 0.122. The molecule has 0 unspecified atom stereocenters. The van der Waals surface area contributed by atoms with Crippen LogP contribution in [0.3, 0.4) is 0 Å². The van der Waals surface area contributed by atoms with Crippen molar-refractivity contribution < 1.29 is 4.42 Å². The zero-order valence-corrected chi connectivity index (χ0v) is 31.0. The lowest BCUT2D eigenvalue weighted by Crippen LogP contribution is -1.99. The molecule has 0 fully saturated rings. The molecule has 0 spiro atoms. The zero-order valence-electron chi connectivity index (χ0n) is 31.0. The summed E-state index contributed by atoms with van der Waals surface area (Å²) in [6, 6.07) is 64.9. The Morgan fingerprint density at radius 1 is 0.276 bits per heavy atom. The summed E-state index contributed by atoms with van der Waals surface area (Å²) in [5, 5.41) is 17.4. The lowest BCUT2D eigenvalue weighted by molar-refractivity contribution is 0.669. The number of benzene rings is 10. The third-order valence-electron chi connectivity index (χ3n) is 13.3. The summed E-state index contributed by atoms with van der Waals surface area (Å²) in [5.41, 5.74) is 12.5. The molecule has 0 aliphatic carbocycles. The van der Waals surface area contributed by atoms with Gasteiger partial charge in [0.05, 0.1) is 44.1 Å². The first kappa shape index (κ1) is 29.5. The van der Waals surface area contributed by atoms with Gasteiger partial charge in [-0.15, -0.1) is 0 Å². The van der Waals surface area contributed by atoms with E-state index in [0.717, 1.165) is 27.8 Å². The monoisotopic (exact) mass is 735 g/mol. The highest BCUT2D eigenvalue weighted by Gasteiger charge is 2.28. The van der Waals surface area contributed by atoms with Crippen LogP contribution >= 0.6 is 0 Å². The molecule has 15 rings (SSSR count). The predicted octanol–water partition coefficient (Wildman–Crippen LogP) is 14.7. The maximum atomic E-state index is 6.71. The fraction of sp³-hybridized carbons (Fsp3) is 0. The molecule has 0 bridgehead atoms. The molecule has 58 heavy (non-hydrogen) atoms. The minimum Gasteiger partial charge on any atom is -0.456 e. The number of fused-ring (bicyclic) bond motifs is 22. The van der Waals surface area contributed by atoms with E-state index in [0.29, 0.717) is 0 Å². The molecule has 4 heteroatoms. The van der Waals surface area contributed by atoms with E-state index in [-0.39, 0.29) is 0 Å². The maximum Gasteiger partial charge on any atom is 0.138 e. The van der Waals surface area contributed by atoms with Crippen LogP contribution in [-0.4, -0.2) is 13.4 Å². The van der Waals surface area contributed by atoms with Crippen LogP contribution in [0.4, 0.5) is 0 Å². The van der Waals surface area contributed by atoms with Crippen molar-refractivity contribution in [2.24, 2.45) is 0 Å². The number of nitrogens with zero attached hydrogens (tertiary/aromatic N) is 3. The fourth-order valence-corrected chi connectivity index (χ4v) is 11.1. The molecule has 0 amide bonds. The minimum absolute atomic E-state index is 0.909. The second kappa shape index (κ2) is 10.1. The molecule has 0 saturated carbocycles. The summed E-state index contributed by atoms with van der Waals surface area (Å²) >= 11 is 0. The Morgan fingerprint density at radius 2 is 0.776 bits per heavy atom. The van der Waals surface area contributed by atoms with E-state index in [1.54, 1.807) is 0 Å². The number of furan rings is 1. The summed E-state index contributed by atoms with van der Waals surface area (Å²) in [4.78, 5) is 0. The average molecular weight is 736 g/mol. The predicted molar refractivity (Wildman–Crippen MR) is 244 cm³/mol. The van der Waals surface area contributed by atoms with E-state index in [1.165, 1.54) is 109 Å². The first-order chi connectivity index (χ1) is 28.8. The Kier molecular flexibility index (Phi) is 5.14. The number of rotatable bonds is 1. The Balaban J connectivity index is 1.20. The van der Waals surface area contributed by atoms with Gasteiger partial charge in [0, 0.05) is 54.8 Å². The SMILES string of the molecule is c1ccc2c(c1)oc1cc3c4c(c5ccccc5n4c4cc5c6ccccc6n(-c6ccc7c8ccccc8c8ccccc8c7c6)c5c5c6ccccc6n3c54)c12. The molecule has 10 aromatic carbocycles. The second-order valence-corrected chi connectivity index (χ2v) is 16.0. The van der Waals surface area contributed by atoms with Gasteiger partial charge < -0.3 is 17.8 Å². The summed E-state index contributed by atoms with van der Waals surface area (Å²) in [7, 11) is 0. The van der Waals surface area contributed by atoms with Crippen LogP contribution in [0.15, 0.2) is 180 Å². The van der Waals surface area contributed by atoms with E-state index < -0.39 is 0 Å². The summed E-state index contributed by atoms with van der Waals surface area (Å²) in [6.07, 6.45) is 0. The van der Waals surface area contributed by atoms with Crippen LogP contribution in [0.1, 0.15) is 0 Å². The molecule has 0 aliphatic heterocycles. The van der Waals surface area contributed by atoms with Crippen LogP contribution < -0.4 is 0 Å². The van der Waals surface area contributed by atoms with Gasteiger partial charge in [0.25, 0.3) is 0 Å². The van der Waals surface area contributed by atoms with Crippen molar-refractivity contribution in [1.82, 2.24) is 13.4 Å². The molecule has 5 aromatic heterocycles. The van der Waals surface area contributed by atoms with Gasteiger partial charge in [0.1, 0.15) is 11.2 Å². The lowest BCUT2D eigenvalue weighted by atomic mass is 9.94. The number of hydrogen-bond donors (Lipinski definition) is 0. The van der Waals surface area contributed by atoms with E-state index in [9.17, 15) is 0 Å². The van der Waals surface area contributed by atoms with Crippen LogP contribution in [0.25, 0.3) is 136 Å². The number of aromatic nitrogens is 3. The molecule has 0 N–H and O–H groups in total. The van der Waals surface area contributed by atoms with Crippen molar-refractivity contribution in [1.29, 1.82) is 0 Å². The van der Waals surface area contributed by atoms with Gasteiger partial charge in [-0.2, -0.15) is 0 Å². The first-order valence-electron chi connectivity index (χ1n) is 20.0. The van der Waals surface area contributed by atoms with Crippen LogP contribution in [0.5, 0.6) is 0 Å². The van der Waals surface area contributed by atoms with Crippen molar-refractivity contribution in [2.75, 3.05) is 0 Å². The van der Waals surface area contributed by atoms with Crippen LogP contribution in [0.2, 0.25) is 0 Å². The Bertz CT molecular complexity index is 4290. The summed E-state index contributed by atoms with van der Waals surface area (Å²) in [6.45, 7) is 0. The smallest absolute Gasteiger partial charge is 0.138 e. The van der Waals surface area contributed by atoms with Gasteiger partial charge in [-0.3, -0.25) is 0 Å². The average Bonchev–Trinajstić information content (AvgIpc) is 4.02. The standard InChI is InChI=1S/C54H29N3O/c1-2-15-33-31(13-1)32-14-3-4-16-34(32)40-27-30(25-26-35(33)40)55-42-21-9-5-17-36(42)41-28-45-54-51(52(41)55)38-19-7-11-23-44(38)57(54)46-29-48-49(39-20-8-12-24-47(39)58-48)50-37-18-6-10-22-43(37)56(45)53(46)50/h1-29H. The molecule has 266 valence electrons. The Labute approximate surface area is 328 Å². The molecule has 0 saturated heterocycles. The third kappa shape index (κ3) is 3.34. The first-order valence-corrected chi connectivity index (χ1v) is 20.0. The van der Waals surface area contributed by atoms with Gasteiger partial charge in [-0.05, 0) is 74.8 Å². The van der Waals surface area contributed by atoms with E-state index in [4.69, 9.17) is 4.42 Å². The largest absolute Gasteiger partial charge is 0.456 e. The molecule has 15 aromatic rings. The highest BCUT2D eigenvalue weighted by molar-refractivity contribution is 6.35. The van der Waals surface area contributed by atoms with Crippen molar-refractivity contribution in [3.8, 4) is 5.69 Å². The third-order valence-corrected chi connectivity index (χ3v) is 13.3. The van der Waals surface area contributed by atoms with Crippen molar-refractivity contribution in [2.45, 2.75) is 0 Å². The van der Waals surface area contributed by atoms with Gasteiger partial charge in [0.15, 0.2) is 0 Å². The van der Waals surface area contributed by atoms with Gasteiger partial charge in [0.2, 0.25) is 0 Å². The highest BCUT2D eigenvalue weighted by Crippen LogP contribution is 2.49. The van der Waals surface area contributed by atoms with Crippen molar-refractivity contribution in [3.63, 3.8) is 0 Å². The highest BCUT2D eigenvalue weighted by atomic mass is 16.3. The molecule has 4 nitrogen and oxygen atoms in total. The molecule has 5 heterocycles. The van der Waals surface area contributed by atoms with E-state index in [2.05, 4.69) is 189 Å². The van der Waals surface area contributed by atoms with Crippen LogP contribution in [-0.2, 0) is 0 Å². The fourth-order valence-electron chi connectivity index (χ4n) is 11.1. The van der Waals surface area contributed by atoms with Gasteiger partial charge >= 0.3 is 0 Å². The Morgan fingerprint density at radius 3 is 1.47 bits per heavy atom. The maximum absolute atomic E-state index is 6.71. The molecular formula is C54H29N3O. The van der Waals surface area contributed by atoms with E-state index in [1.807, 2.05) is 0 Å². The minimum atomic E-state index is 0.909. The van der Waals surface area contributed by atoms with Crippen molar-refractivity contribution in [3.05, 3.63) is 176 Å². The van der Waals surface area contributed by atoms with Gasteiger partial charge in [-0.25, -0.2) is 0 Å². The zero-order chi connectivity index (χ0) is 37.4. The summed E-state index contributed by atoms with van der Waals surface area (Å²) < 4.78 is 14.3. The molecule has 0 atom stereocenters. The topological polar surface area (TPSA) is 26.9 Å². The second-order valence-electron chi connectivity index (χ2n) is 16.0. The summed E-state index contributed by atoms with van der Waals surface area (Å²) in [5.74, 6) is 0. The van der Waals surface area contributed by atoms with Crippen molar-refractivity contribution >= 4 is 131 Å². The molecule has 0 aliphatic rings. The molecular weight excluding hydrogens is 707 g/mol.